The Balaban J connectivity index is 1.28. The predicted octanol–water partition coefficient (Wildman–Crippen LogP) is 10.3. The average molecular weight is 643 g/mol. The number of carbonyl (C=O) groups is 2. The number of anilines is 2. The number of nitrogens with zero attached hydrogens (tertiary/aromatic N) is 2. The molecule has 9 rings (SSSR count). The molecule has 6 aliphatic rings. The molecule has 0 unspecified atom stereocenters. The Kier molecular flexibility index (Phi) is 7.51. The number of benzene rings is 3. The zero-order valence-electron chi connectivity index (χ0n) is 30.1. The van der Waals surface area contributed by atoms with E-state index in [2.05, 4.69) is 106 Å². The molecule has 48 heavy (non-hydrogen) atoms. The Morgan fingerprint density at radius 1 is 0.583 bits per heavy atom. The van der Waals surface area contributed by atoms with Crippen molar-refractivity contribution < 1.29 is 9.59 Å². The quantitative estimate of drug-likeness (QED) is 0.278. The molecular weight excluding hydrogens is 588 g/mol. The van der Waals surface area contributed by atoms with E-state index in [1.54, 1.807) is 0 Å². The Labute approximate surface area is 288 Å². The summed E-state index contributed by atoms with van der Waals surface area (Å²) in [7, 11) is 0. The molecule has 3 aromatic rings. The zero-order chi connectivity index (χ0) is 33.6. The van der Waals surface area contributed by atoms with Gasteiger partial charge in [-0.05, 0) is 131 Å². The van der Waals surface area contributed by atoms with Crippen LogP contribution in [0.5, 0.6) is 0 Å². The van der Waals surface area contributed by atoms with Crippen molar-refractivity contribution in [3.8, 4) is 22.3 Å². The van der Waals surface area contributed by atoms with Crippen molar-refractivity contribution in [2.75, 3.05) is 22.9 Å². The van der Waals surface area contributed by atoms with E-state index in [0.29, 0.717) is 12.8 Å². The number of rotatable bonds is 5. The number of hydrogen-bond donors (Lipinski definition) is 0. The van der Waals surface area contributed by atoms with Gasteiger partial charge in [-0.15, -0.1) is 0 Å². The molecule has 4 aliphatic carbocycles. The second kappa shape index (κ2) is 11.3. The van der Waals surface area contributed by atoms with Gasteiger partial charge in [0.2, 0.25) is 11.8 Å². The molecule has 0 aromatic heterocycles. The van der Waals surface area contributed by atoms with Gasteiger partial charge < -0.3 is 9.80 Å². The van der Waals surface area contributed by atoms with Crippen LogP contribution in [0.15, 0.2) is 54.6 Å². The van der Waals surface area contributed by atoms with Crippen molar-refractivity contribution in [2.45, 2.75) is 122 Å². The highest BCUT2D eigenvalue weighted by Crippen LogP contribution is 2.62. The van der Waals surface area contributed by atoms with Crippen LogP contribution in [0.2, 0.25) is 0 Å². The van der Waals surface area contributed by atoms with Gasteiger partial charge in [0.25, 0.3) is 0 Å². The predicted molar refractivity (Wildman–Crippen MR) is 198 cm³/mol. The van der Waals surface area contributed by atoms with Gasteiger partial charge in [-0.1, -0.05) is 84.0 Å². The van der Waals surface area contributed by atoms with Crippen LogP contribution >= 0.6 is 0 Å². The number of carbonyl (C=O) groups excluding carboxylic acids is 2. The van der Waals surface area contributed by atoms with Crippen molar-refractivity contribution in [3.63, 3.8) is 0 Å². The monoisotopic (exact) mass is 642 g/mol. The third-order valence-electron chi connectivity index (χ3n) is 12.6. The van der Waals surface area contributed by atoms with Crippen LogP contribution in [0.25, 0.3) is 22.3 Å². The Hall–Kier alpha value is -3.40. The SMILES string of the molecule is CC(C)(C)c1cc(-c2ccc(-c3c(N4CCCC4=O)cc(C45CC6CC(CC(C6)C4)C5)cc3N3CCCC3=O)cc2)cc(C(C)(C)C)c1. The third kappa shape index (κ3) is 5.52. The molecule has 2 heterocycles. The maximum absolute atomic E-state index is 13.5. The zero-order valence-corrected chi connectivity index (χ0v) is 30.1. The van der Waals surface area contributed by atoms with Crippen LogP contribution in [0.3, 0.4) is 0 Å². The fourth-order valence-corrected chi connectivity index (χ4v) is 10.4. The van der Waals surface area contributed by atoms with Crippen LogP contribution in [-0.2, 0) is 25.8 Å². The molecule has 6 fully saturated rings. The van der Waals surface area contributed by atoms with E-state index in [1.807, 2.05) is 0 Å². The van der Waals surface area contributed by atoms with E-state index in [-0.39, 0.29) is 28.1 Å². The van der Waals surface area contributed by atoms with E-state index >= 15 is 0 Å². The molecule has 252 valence electrons. The van der Waals surface area contributed by atoms with Crippen molar-refractivity contribution in [1.82, 2.24) is 0 Å². The molecule has 4 saturated carbocycles. The van der Waals surface area contributed by atoms with Gasteiger partial charge in [-0.3, -0.25) is 9.59 Å². The Bertz CT molecular complexity index is 1650. The number of amides is 2. The molecule has 0 N–H and O–H groups in total. The maximum Gasteiger partial charge on any atom is 0.227 e. The minimum atomic E-state index is 0.0444. The van der Waals surface area contributed by atoms with Gasteiger partial charge >= 0.3 is 0 Å². The summed E-state index contributed by atoms with van der Waals surface area (Å²) in [5.74, 6) is 2.90. The summed E-state index contributed by atoms with van der Waals surface area (Å²) in [5, 5.41) is 0. The molecular formula is C44H54N2O2. The van der Waals surface area contributed by atoms with Crippen molar-refractivity contribution >= 4 is 23.2 Å². The van der Waals surface area contributed by atoms with E-state index in [9.17, 15) is 9.59 Å². The molecule has 4 heteroatoms. The lowest BCUT2D eigenvalue weighted by Crippen LogP contribution is -2.48. The minimum absolute atomic E-state index is 0.0444. The molecule has 2 saturated heterocycles. The molecule has 2 amide bonds. The summed E-state index contributed by atoms with van der Waals surface area (Å²) in [6, 6.07) is 20.9. The van der Waals surface area contributed by atoms with Crippen LogP contribution in [0.1, 0.15) is 122 Å². The van der Waals surface area contributed by atoms with E-state index in [0.717, 1.165) is 66.2 Å². The summed E-state index contributed by atoms with van der Waals surface area (Å²) in [5.41, 5.74) is 11.0. The van der Waals surface area contributed by atoms with E-state index in [4.69, 9.17) is 0 Å². The summed E-state index contributed by atoms with van der Waals surface area (Å²) < 4.78 is 0. The molecule has 0 spiro atoms. The molecule has 4 bridgehead atoms. The molecule has 4 nitrogen and oxygen atoms in total. The largest absolute Gasteiger partial charge is 0.312 e. The van der Waals surface area contributed by atoms with Crippen molar-refractivity contribution in [3.05, 3.63) is 71.3 Å². The van der Waals surface area contributed by atoms with Crippen LogP contribution < -0.4 is 9.80 Å². The lowest BCUT2D eigenvalue weighted by molar-refractivity contribution is -0.117. The maximum atomic E-state index is 13.5. The molecule has 3 aromatic carbocycles. The van der Waals surface area contributed by atoms with E-state index < -0.39 is 0 Å². The topological polar surface area (TPSA) is 40.6 Å². The van der Waals surface area contributed by atoms with Gasteiger partial charge in [0.15, 0.2) is 0 Å². The molecule has 0 radical (unpaired) electrons. The van der Waals surface area contributed by atoms with Gasteiger partial charge in [0.1, 0.15) is 0 Å². The average Bonchev–Trinajstić information content (AvgIpc) is 3.66. The molecule has 2 aliphatic heterocycles. The fourth-order valence-electron chi connectivity index (χ4n) is 10.4. The fraction of sp³-hybridized carbons (Fsp3) is 0.545. The summed E-state index contributed by atoms with van der Waals surface area (Å²) in [4.78, 5) is 31.2. The van der Waals surface area contributed by atoms with Gasteiger partial charge in [0.05, 0.1) is 11.4 Å². The first-order chi connectivity index (χ1) is 22.8. The van der Waals surface area contributed by atoms with Crippen LogP contribution in [0, 0.1) is 17.8 Å². The van der Waals surface area contributed by atoms with Crippen molar-refractivity contribution in [1.29, 1.82) is 0 Å². The van der Waals surface area contributed by atoms with Crippen LogP contribution in [0.4, 0.5) is 11.4 Å². The van der Waals surface area contributed by atoms with Gasteiger partial charge in [-0.25, -0.2) is 0 Å². The number of hydrogen-bond acceptors (Lipinski definition) is 2. The summed E-state index contributed by atoms with van der Waals surface area (Å²) in [6.07, 6.45) is 10.9. The minimum Gasteiger partial charge on any atom is -0.312 e. The Morgan fingerprint density at radius 3 is 1.42 bits per heavy atom. The molecule has 0 atom stereocenters. The van der Waals surface area contributed by atoms with Crippen molar-refractivity contribution in [2.24, 2.45) is 17.8 Å². The second-order valence-corrected chi connectivity index (χ2v) is 18.3. The van der Waals surface area contributed by atoms with Gasteiger partial charge in [-0.2, -0.15) is 0 Å². The van der Waals surface area contributed by atoms with Crippen LogP contribution in [-0.4, -0.2) is 24.9 Å². The highest BCUT2D eigenvalue weighted by molar-refractivity contribution is 6.07. The highest BCUT2D eigenvalue weighted by atomic mass is 16.2. The third-order valence-corrected chi connectivity index (χ3v) is 12.6. The lowest BCUT2D eigenvalue weighted by atomic mass is 9.48. The van der Waals surface area contributed by atoms with Gasteiger partial charge in [0, 0.05) is 31.5 Å². The standard InChI is InChI=1S/C44H54N2O2/c1-42(2,3)34-20-33(21-35(22-34)43(4,5)6)31-11-13-32(14-12-31)41-37(45-15-7-9-39(45)47)23-36(24-38(41)46-16-8-10-40(46)48)44-25-28-17-29(26-44)19-30(18-28)27-44/h11-14,20-24,28-30H,7-10,15-19,25-27H2,1-6H3. The first-order valence-corrected chi connectivity index (χ1v) is 18.8. The summed E-state index contributed by atoms with van der Waals surface area (Å²) >= 11 is 0. The normalized spacial score (nSPS) is 27.1. The Morgan fingerprint density at radius 2 is 1.02 bits per heavy atom. The smallest absolute Gasteiger partial charge is 0.227 e. The first kappa shape index (κ1) is 31.8. The summed E-state index contributed by atoms with van der Waals surface area (Å²) in [6.45, 7) is 15.2. The lowest BCUT2D eigenvalue weighted by Gasteiger charge is -2.57. The second-order valence-electron chi connectivity index (χ2n) is 18.3. The van der Waals surface area contributed by atoms with E-state index in [1.165, 1.54) is 66.3 Å². The highest BCUT2D eigenvalue weighted by Gasteiger charge is 2.52. The first-order valence-electron chi connectivity index (χ1n) is 18.8.